The van der Waals surface area contributed by atoms with Crippen molar-refractivity contribution in [2.24, 2.45) is 0 Å². The predicted molar refractivity (Wildman–Crippen MR) is 109 cm³/mol. The highest BCUT2D eigenvalue weighted by Crippen LogP contribution is 2.36. The molecule has 1 aliphatic rings. The Hall–Kier alpha value is -3.20. The summed E-state index contributed by atoms with van der Waals surface area (Å²) in [7, 11) is 0. The molecule has 2 heterocycles. The summed E-state index contributed by atoms with van der Waals surface area (Å²) in [5.41, 5.74) is 0.634. The molecular formula is C20H21N3O5S. The fraction of sp³-hybridized carbons (Fsp3) is 0.300. The first kappa shape index (κ1) is 20.5. The number of ether oxygens (including phenoxy) is 1. The molecule has 0 spiro atoms. The molecule has 0 unspecified atom stereocenters. The van der Waals surface area contributed by atoms with Gasteiger partial charge in [0.1, 0.15) is 22.6 Å². The van der Waals surface area contributed by atoms with Gasteiger partial charge in [-0.2, -0.15) is 0 Å². The molecule has 1 aromatic carbocycles. The number of urea groups is 1. The fourth-order valence-electron chi connectivity index (χ4n) is 2.96. The fourth-order valence-corrected chi connectivity index (χ4v) is 3.93. The molecule has 8 nitrogen and oxygen atoms in total. The predicted octanol–water partition coefficient (Wildman–Crippen LogP) is 2.86. The van der Waals surface area contributed by atoms with Gasteiger partial charge in [0.25, 0.3) is 5.91 Å². The monoisotopic (exact) mass is 415 g/mol. The van der Waals surface area contributed by atoms with Crippen molar-refractivity contribution in [1.82, 2.24) is 10.2 Å². The van der Waals surface area contributed by atoms with Crippen LogP contribution < -0.4 is 10.6 Å². The lowest BCUT2D eigenvalue weighted by Gasteiger charge is -2.15. The van der Waals surface area contributed by atoms with Crippen molar-refractivity contribution >= 4 is 40.2 Å². The molecule has 0 radical (unpaired) electrons. The number of hydrogen-bond donors (Lipinski definition) is 2. The quantitative estimate of drug-likeness (QED) is 0.558. The van der Waals surface area contributed by atoms with Gasteiger partial charge in [-0.3, -0.25) is 14.5 Å². The topological polar surface area (TPSA) is 105 Å². The van der Waals surface area contributed by atoms with Gasteiger partial charge in [-0.1, -0.05) is 30.3 Å². The second-order valence-corrected chi connectivity index (χ2v) is 7.81. The number of hydrogen-bond acceptors (Lipinski definition) is 6. The summed E-state index contributed by atoms with van der Waals surface area (Å²) in [6.07, 6.45) is 0. The van der Waals surface area contributed by atoms with Crippen molar-refractivity contribution in [3.05, 3.63) is 41.3 Å². The van der Waals surface area contributed by atoms with E-state index in [0.29, 0.717) is 10.6 Å². The maximum atomic E-state index is 12.5. The number of esters is 1. The summed E-state index contributed by atoms with van der Waals surface area (Å²) in [4.78, 5) is 50.2. The number of rotatable bonds is 6. The largest absolute Gasteiger partial charge is 0.462 e. The number of carbonyl (C=O) groups excluding carboxylic acids is 4. The number of nitrogens with zero attached hydrogens (tertiary/aromatic N) is 1. The first-order chi connectivity index (χ1) is 13.7. The lowest BCUT2D eigenvalue weighted by molar-refractivity contribution is -0.132. The van der Waals surface area contributed by atoms with Crippen LogP contribution >= 0.6 is 11.3 Å². The molecular weight excluding hydrogens is 394 g/mol. The molecule has 152 valence electrons. The minimum atomic E-state index is -1.06. The molecule has 1 aromatic heterocycles. The Morgan fingerprint density at radius 2 is 1.90 bits per heavy atom. The summed E-state index contributed by atoms with van der Waals surface area (Å²) >= 11 is 1.18. The molecule has 1 saturated heterocycles. The summed E-state index contributed by atoms with van der Waals surface area (Å²) in [5, 5.41) is 7.22. The van der Waals surface area contributed by atoms with E-state index in [1.54, 1.807) is 26.2 Å². The molecule has 4 amide bonds. The van der Waals surface area contributed by atoms with Crippen LogP contribution in [0.25, 0.3) is 11.1 Å². The maximum Gasteiger partial charge on any atom is 0.341 e. The van der Waals surface area contributed by atoms with E-state index in [-0.39, 0.29) is 12.2 Å². The van der Waals surface area contributed by atoms with Gasteiger partial charge in [-0.15, -0.1) is 11.3 Å². The standard InChI is InChI=1S/C20H21N3O5S/c1-4-28-17(25)15-13(12-8-6-5-7-9-12)11-29-16(15)21-14(24)10-23-18(26)20(2,3)22-19(23)27/h5-9,11H,4,10H2,1-3H3,(H,21,24)(H,22,27). The van der Waals surface area contributed by atoms with E-state index >= 15 is 0 Å². The summed E-state index contributed by atoms with van der Waals surface area (Å²) in [5.74, 6) is -1.63. The Balaban J connectivity index is 1.84. The zero-order chi connectivity index (χ0) is 21.2. The Labute approximate surface area is 171 Å². The van der Waals surface area contributed by atoms with Gasteiger partial charge >= 0.3 is 12.0 Å². The van der Waals surface area contributed by atoms with Crippen molar-refractivity contribution in [3.8, 4) is 11.1 Å². The average Bonchev–Trinajstić information content (AvgIpc) is 3.16. The average molecular weight is 415 g/mol. The molecule has 0 atom stereocenters. The summed E-state index contributed by atoms with van der Waals surface area (Å²) in [6.45, 7) is 4.57. The van der Waals surface area contributed by atoms with Crippen LogP contribution in [0.2, 0.25) is 0 Å². The van der Waals surface area contributed by atoms with E-state index in [0.717, 1.165) is 10.5 Å². The molecule has 2 N–H and O–H groups in total. The van der Waals surface area contributed by atoms with Crippen LogP contribution in [0, 0.1) is 0 Å². The van der Waals surface area contributed by atoms with E-state index < -0.39 is 35.9 Å². The summed E-state index contributed by atoms with van der Waals surface area (Å²) < 4.78 is 5.15. The maximum absolute atomic E-state index is 12.5. The molecule has 0 aliphatic carbocycles. The zero-order valence-corrected chi connectivity index (χ0v) is 17.1. The third kappa shape index (κ3) is 4.14. The molecule has 29 heavy (non-hydrogen) atoms. The van der Waals surface area contributed by atoms with Crippen LogP contribution in [-0.2, 0) is 14.3 Å². The Bertz CT molecular complexity index is 968. The van der Waals surface area contributed by atoms with Crippen molar-refractivity contribution in [2.45, 2.75) is 26.3 Å². The summed E-state index contributed by atoms with van der Waals surface area (Å²) in [6, 6.07) is 8.63. The number of thiophene rings is 1. The molecule has 2 aromatic rings. The van der Waals surface area contributed by atoms with Crippen molar-refractivity contribution in [3.63, 3.8) is 0 Å². The SMILES string of the molecule is CCOC(=O)c1c(-c2ccccc2)csc1NC(=O)CN1C(=O)NC(C)(C)C1=O. The Morgan fingerprint density at radius 3 is 2.48 bits per heavy atom. The van der Waals surface area contributed by atoms with Crippen LogP contribution in [0.1, 0.15) is 31.1 Å². The molecule has 1 aliphatic heterocycles. The van der Waals surface area contributed by atoms with E-state index in [9.17, 15) is 19.2 Å². The van der Waals surface area contributed by atoms with E-state index in [2.05, 4.69) is 10.6 Å². The number of imide groups is 1. The van der Waals surface area contributed by atoms with Gasteiger partial charge < -0.3 is 15.4 Å². The minimum Gasteiger partial charge on any atom is -0.462 e. The molecule has 1 fully saturated rings. The molecule has 3 rings (SSSR count). The first-order valence-electron chi connectivity index (χ1n) is 9.02. The van der Waals surface area contributed by atoms with Crippen molar-refractivity contribution in [1.29, 1.82) is 0 Å². The zero-order valence-electron chi connectivity index (χ0n) is 16.3. The van der Waals surface area contributed by atoms with Gasteiger partial charge in [0, 0.05) is 10.9 Å². The van der Waals surface area contributed by atoms with Crippen LogP contribution in [0.15, 0.2) is 35.7 Å². The number of anilines is 1. The third-order valence-electron chi connectivity index (χ3n) is 4.35. The number of nitrogens with one attached hydrogen (secondary N) is 2. The highest BCUT2D eigenvalue weighted by Gasteiger charge is 2.45. The van der Waals surface area contributed by atoms with Gasteiger partial charge in [-0.25, -0.2) is 9.59 Å². The normalized spacial score (nSPS) is 15.2. The van der Waals surface area contributed by atoms with Gasteiger partial charge in [0.2, 0.25) is 5.91 Å². The Morgan fingerprint density at radius 1 is 1.21 bits per heavy atom. The first-order valence-corrected chi connectivity index (χ1v) is 9.90. The van der Waals surface area contributed by atoms with Crippen LogP contribution in [0.4, 0.5) is 9.80 Å². The van der Waals surface area contributed by atoms with E-state index in [4.69, 9.17) is 4.74 Å². The Kier molecular flexibility index (Phi) is 5.69. The van der Waals surface area contributed by atoms with Crippen molar-refractivity contribution < 1.29 is 23.9 Å². The number of amides is 4. The lowest BCUT2D eigenvalue weighted by atomic mass is 10.0. The molecule has 0 saturated carbocycles. The van der Waals surface area contributed by atoms with Gasteiger partial charge in [-0.05, 0) is 26.3 Å². The molecule has 9 heteroatoms. The number of benzene rings is 1. The lowest BCUT2D eigenvalue weighted by Crippen LogP contribution is -2.41. The van der Waals surface area contributed by atoms with Gasteiger partial charge in [0.15, 0.2) is 0 Å². The van der Waals surface area contributed by atoms with Crippen LogP contribution in [0.3, 0.4) is 0 Å². The smallest absolute Gasteiger partial charge is 0.341 e. The van der Waals surface area contributed by atoms with Gasteiger partial charge in [0.05, 0.1) is 6.61 Å². The highest BCUT2D eigenvalue weighted by molar-refractivity contribution is 7.15. The highest BCUT2D eigenvalue weighted by atomic mass is 32.1. The third-order valence-corrected chi connectivity index (χ3v) is 5.25. The molecule has 0 bridgehead atoms. The second-order valence-electron chi connectivity index (χ2n) is 6.93. The van der Waals surface area contributed by atoms with E-state index in [1.807, 2.05) is 30.3 Å². The minimum absolute atomic E-state index is 0.188. The van der Waals surface area contributed by atoms with Crippen molar-refractivity contribution in [2.75, 3.05) is 18.5 Å². The van der Waals surface area contributed by atoms with Crippen LogP contribution in [0.5, 0.6) is 0 Å². The van der Waals surface area contributed by atoms with Crippen LogP contribution in [-0.4, -0.2) is 47.4 Å². The van der Waals surface area contributed by atoms with E-state index in [1.165, 1.54) is 11.3 Å². The second kappa shape index (κ2) is 8.04. The number of carbonyl (C=O) groups is 4.